The molecule has 0 aromatic rings. The van der Waals surface area contributed by atoms with Crippen LogP contribution in [0.3, 0.4) is 0 Å². The lowest BCUT2D eigenvalue weighted by molar-refractivity contribution is 0.132. The van der Waals surface area contributed by atoms with E-state index in [1.807, 2.05) is 20.4 Å². The molecule has 0 saturated carbocycles. The Hall–Kier alpha value is 0.274. The molecule has 0 aliphatic rings. The fourth-order valence-corrected chi connectivity index (χ4v) is 0.750. The Bertz CT molecular complexity index is 98.4. The van der Waals surface area contributed by atoms with Crippen molar-refractivity contribution in [3.05, 3.63) is 0 Å². The van der Waals surface area contributed by atoms with E-state index < -0.39 is 8.80 Å². The van der Waals surface area contributed by atoms with Gasteiger partial charge in [-0.3, -0.25) is 0 Å². The number of hydrogen-bond acceptors (Lipinski definition) is 4. The lowest BCUT2D eigenvalue weighted by Crippen LogP contribution is -2.38. The van der Waals surface area contributed by atoms with E-state index in [1.165, 1.54) is 0 Å². The fraction of sp³-hybridized carbons (Fsp3) is 1.00. The van der Waals surface area contributed by atoms with Crippen LogP contribution in [0.4, 0.5) is 0 Å². The van der Waals surface area contributed by atoms with Crippen LogP contribution in [0.2, 0.25) is 6.55 Å². The van der Waals surface area contributed by atoms with E-state index in [-0.39, 0.29) is 0 Å². The van der Waals surface area contributed by atoms with Gasteiger partial charge < -0.3 is 17.7 Å². The highest BCUT2D eigenvalue weighted by Crippen LogP contribution is 2.02. The van der Waals surface area contributed by atoms with Gasteiger partial charge in [-0.05, 0) is 13.8 Å². The van der Waals surface area contributed by atoms with E-state index in [1.54, 1.807) is 21.3 Å². The second-order valence-electron chi connectivity index (χ2n) is 2.76. The SMILES string of the molecule is CC(C)O[SiH3].CO[Si](C)(OC)OC. The van der Waals surface area contributed by atoms with Crippen molar-refractivity contribution in [1.29, 1.82) is 0 Å². The Morgan fingerprint density at radius 3 is 1.23 bits per heavy atom. The lowest BCUT2D eigenvalue weighted by Gasteiger charge is -2.18. The van der Waals surface area contributed by atoms with E-state index in [4.69, 9.17) is 17.7 Å². The molecule has 82 valence electrons. The van der Waals surface area contributed by atoms with E-state index in [9.17, 15) is 0 Å². The van der Waals surface area contributed by atoms with Gasteiger partial charge in [-0.15, -0.1) is 0 Å². The van der Waals surface area contributed by atoms with Crippen molar-refractivity contribution in [3.8, 4) is 0 Å². The summed E-state index contributed by atoms with van der Waals surface area (Å²) in [5.74, 6) is 0. The smallest absolute Gasteiger partial charge is 0.426 e. The summed E-state index contributed by atoms with van der Waals surface area (Å²) in [7, 11) is 3.45. The zero-order valence-corrected chi connectivity index (χ0v) is 12.7. The van der Waals surface area contributed by atoms with Crippen LogP contribution in [0, 0.1) is 0 Å². The molecule has 4 nitrogen and oxygen atoms in total. The van der Waals surface area contributed by atoms with Crippen molar-refractivity contribution in [2.24, 2.45) is 0 Å². The molecule has 0 saturated heterocycles. The number of hydrogen-bond donors (Lipinski definition) is 0. The summed E-state index contributed by atoms with van der Waals surface area (Å²) in [5, 5.41) is 0. The fourth-order valence-electron chi connectivity index (χ4n) is 0.250. The highest BCUT2D eigenvalue weighted by Gasteiger charge is 2.29. The third kappa shape index (κ3) is 10.2. The third-order valence-corrected chi connectivity index (χ3v) is 4.75. The average Bonchev–Trinajstić information content (AvgIpc) is 2.17. The van der Waals surface area contributed by atoms with E-state index in [0.717, 1.165) is 10.5 Å². The zero-order valence-electron chi connectivity index (χ0n) is 9.71. The summed E-state index contributed by atoms with van der Waals surface area (Å²) in [6, 6.07) is 0. The van der Waals surface area contributed by atoms with Gasteiger partial charge in [0.1, 0.15) is 10.5 Å². The van der Waals surface area contributed by atoms with Gasteiger partial charge in [-0.2, -0.15) is 0 Å². The molecule has 0 unspecified atom stereocenters. The Morgan fingerprint density at radius 2 is 1.23 bits per heavy atom. The molecule has 0 aliphatic heterocycles. The first-order valence-electron chi connectivity index (χ1n) is 4.14. The molecule has 0 aromatic heterocycles. The van der Waals surface area contributed by atoms with Crippen LogP contribution in [-0.4, -0.2) is 46.7 Å². The molecule has 0 bridgehead atoms. The summed E-state index contributed by atoms with van der Waals surface area (Å²) in [4.78, 5) is 0. The maximum Gasteiger partial charge on any atom is 0.496 e. The molecule has 0 amide bonds. The van der Waals surface area contributed by atoms with Gasteiger partial charge in [-0.25, -0.2) is 0 Å². The van der Waals surface area contributed by atoms with Crippen molar-refractivity contribution in [2.75, 3.05) is 21.3 Å². The monoisotopic (exact) mass is 226 g/mol. The molecule has 6 heteroatoms. The van der Waals surface area contributed by atoms with E-state index in [0.29, 0.717) is 6.10 Å². The highest BCUT2D eigenvalue weighted by atomic mass is 28.4. The van der Waals surface area contributed by atoms with Gasteiger partial charge in [0.2, 0.25) is 0 Å². The third-order valence-electron chi connectivity index (χ3n) is 1.58. The minimum atomic E-state index is -2.17. The Balaban J connectivity index is 0. The molecular weight excluding hydrogens is 204 g/mol. The minimum Gasteiger partial charge on any atom is -0.426 e. The van der Waals surface area contributed by atoms with Gasteiger partial charge in [-0.1, -0.05) is 0 Å². The molecule has 0 heterocycles. The second kappa shape index (κ2) is 8.85. The van der Waals surface area contributed by atoms with Crippen molar-refractivity contribution < 1.29 is 17.7 Å². The summed E-state index contributed by atoms with van der Waals surface area (Å²) in [5.41, 5.74) is 0. The molecule has 0 radical (unpaired) electrons. The van der Waals surface area contributed by atoms with Gasteiger partial charge in [0.25, 0.3) is 0 Å². The van der Waals surface area contributed by atoms with E-state index >= 15 is 0 Å². The van der Waals surface area contributed by atoms with E-state index in [2.05, 4.69) is 0 Å². The maximum absolute atomic E-state index is 4.93. The Labute approximate surface area is 85.4 Å². The van der Waals surface area contributed by atoms with Crippen LogP contribution < -0.4 is 0 Å². The largest absolute Gasteiger partial charge is 0.496 e. The quantitative estimate of drug-likeness (QED) is 0.641. The summed E-state index contributed by atoms with van der Waals surface area (Å²) in [6.07, 6.45) is 0.446. The van der Waals surface area contributed by atoms with Crippen LogP contribution in [0.15, 0.2) is 0 Å². The first-order chi connectivity index (χ1) is 5.95. The highest BCUT2D eigenvalue weighted by molar-refractivity contribution is 6.58. The van der Waals surface area contributed by atoms with Crippen LogP contribution >= 0.6 is 0 Å². The zero-order chi connectivity index (χ0) is 10.9. The van der Waals surface area contributed by atoms with Gasteiger partial charge in [0.15, 0.2) is 0 Å². The molecule has 13 heavy (non-hydrogen) atoms. The van der Waals surface area contributed by atoms with Crippen molar-refractivity contribution >= 4 is 19.3 Å². The summed E-state index contributed by atoms with van der Waals surface area (Å²) >= 11 is 0. The lowest BCUT2D eigenvalue weighted by atomic mass is 10.5. The van der Waals surface area contributed by atoms with Crippen LogP contribution in [-0.2, 0) is 17.7 Å². The van der Waals surface area contributed by atoms with Crippen LogP contribution in [0.1, 0.15) is 13.8 Å². The molecule has 0 N–H and O–H groups in total. The van der Waals surface area contributed by atoms with Crippen molar-refractivity contribution in [3.63, 3.8) is 0 Å². The topological polar surface area (TPSA) is 36.9 Å². The minimum absolute atomic E-state index is 0.446. The second-order valence-corrected chi connectivity index (χ2v) is 6.18. The summed E-state index contributed by atoms with van der Waals surface area (Å²) < 4.78 is 19.7. The molecule has 0 atom stereocenters. The Morgan fingerprint density at radius 1 is 1.00 bits per heavy atom. The first kappa shape index (κ1) is 15.7. The standard InChI is InChI=1S/C4H12O3Si.C3H10OSi/c1-5-8(4,6-2)7-3;1-3(2)4-5/h1-4H3;3H,1-2,5H3. The Kier molecular flexibility index (Phi) is 10.7. The van der Waals surface area contributed by atoms with Gasteiger partial charge >= 0.3 is 8.80 Å². The van der Waals surface area contributed by atoms with Crippen molar-refractivity contribution in [1.82, 2.24) is 0 Å². The predicted octanol–water partition coefficient (Wildman–Crippen LogP) is 0.186. The number of rotatable bonds is 4. The molecule has 0 rings (SSSR count). The molecule has 0 fully saturated rings. The van der Waals surface area contributed by atoms with Crippen LogP contribution in [0.25, 0.3) is 0 Å². The molecule has 0 aliphatic carbocycles. The van der Waals surface area contributed by atoms with Crippen molar-refractivity contribution in [2.45, 2.75) is 26.5 Å². The van der Waals surface area contributed by atoms with Crippen LogP contribution in [0.5, 0.6) is 0 Å². The summed E-state index contributed by atoms with van der Waals surface area (Å²) in [6.45, 7) is 5.90. The normalized spacial score (nSPS) is 11.3. The van der Waals surface area contributed by atoms with Gasteiger partial charge in [0.05, 0.1) is 0 Å². The first-order valence-corrected chi connectivity index (χ1v) is 7.18. The molecular formula is C7H22O4Si2. The average molecular weight is 226 g/mol. The molecule has 0 spiro atoms. The predicted molar refractivity (Wildman–Crippen MR) is 58.8 cm³/mol. The maximum atomic E-state index is 4.93. The van der Waals surface area contributed by atoms with Gasteiger partial charge in [0, 0.05) is 34.0 Å². The molecule has 0 aromatic carbocycles.